The zero-order valence-electron chi connectivity index (χ0n) is 8.81. The fourth-order valence-corrected chi connectivity index (χ4v) is 1.21. The summed E-state index contributed by atoms with van der Waals surface area (Å²) in [7, 11) is -4.67. The summed E-state index contributed by atoms with van der Waals surface area (Å²) < 4.78 is 31.6. The fourth-order valence-electron chi connectivity index (χ4n) is 1.21. The van der Waals surface area contributed by atoms with Crippen molar-refractivity contribution >= 4 is 21.2 Å². The molecule has 7 heteroatoms. The Bertz CT molecular complexity index is 569. The van der Waals surface area contributed by atoms with Gasteiger partial charge in [0.1, 0.15) is 5.75 Å². The Morgan fingerprint density at radius 1 is 0.882 bits per heavy atom. The van der Waals surface area contributed by atoms with Crippen LogP contribution in [0.3, 0.4) is 0 Å². The lowest BCUT2D eigenvalue weighted by molar-refractivity contribution is 0.381. The third kappa shape index (κ3) is 5.83. The summed E-state index contributed by atoms with van der Waals surface area (Å²) in [6.45, 7) is 0. The largest absolute Gasteiger partial charge is 0.507 e. The first-order valence-corrected chi connectivity index (χ1v) is 5.64. The van der Waals surface area contributed by atoms with E-state index in [0.29, 0.717) is 5.75 Å². The molecule has 0 amide bonds. The number of aromatic hydroxyl groups is 1. The monoisotopic (exact) mass is 259 g/mol. The van der Waals surface area contributed by atoms with E-state index in [1.807, 2.05) is 36.4 Å². The average Bonchev–Trinajstić information content (AvgIpc) is 2.16. The van der Waals surface area contributed by atoms with Crippen molar-refractivity contribution in [2.24, 2.45) is 0 Å². The molecule has 0 aliphatic heterocycles. The second-order valence-corrected chi connectivity index (χ2v) is 3.84. The SMILES string of the molecule is N.O=S(=O)(O)O.Oc1cccc2ccccc12. The number of fused-ring (bicyclic) bond motifs is 1. The molecule has 6 N–H and O–H groups in total. The Morgan fingerprint density at radius 2 is 1.35 bits per heavy atom. The topological polar surface area (TPSA) is 130 Å². The van der Waals surface area contributed by atoms with Crippen LogP contribution in [-0.2, 0) is 10.4 Å². The van der Waals surface area contributed by atoms with Crippen LogP contribution in [0.25, 0.3) is 10.8 Å². The number of benzene rings is 2. The zero-order chi connectivity index (χ0) is 12.2. The number of hydrogen-bond acceptors (Lipinski definition) is 4. The van der Waals surface area contributed by atoms with Crippen LogP contribution in [0, 0.1) is 0 Å². The van der Waals surface area contributed by atoms with Gasteiger partial charge in [0.15, 0.2) is 0 Å². The maximum Gasteiger partial charge on any atom is 0.394 e. The van der Waals surface area contributed by atoms with Crippen molar-refractivity contribution in [2.45, 2.75) is 0 Å². The van der Waals surface area contributed by atoms with E-state index < -0.39 is 10.4 Å². The number of phenolic OH excluding ortho intramolecular Hbond substituents is 1. The molecular weight excluding hydrogens is 246 g/mol. The molecule has 0 radical (unpaired) electrons. The molecule has 2 aromatic carbocycles. The van der Waals surface area contributed by atoms with E-state index in [9.17, 15) is 5.11 Å². The van der Waals surface area contributed by atoms with Crippen molar-refractivity contribution in [3.63, 3.8) is 0 Å². The van der Waals surface area contributed by atoms with E-state index in [0.717, 1.165) is 10.8 Å². The molecule has 0 aliphatic carbocycles. The van der Waals surface area contributed by atoms with Gasteiger partial charge in [-0.15, -0.1) is 0 Å². The molecule has 0 aromatic heterocycles. The van der Waals surface area contributed by atoms with Crippen LogP contribution in [0.15, 0.2) is 42.5 Å². The van der Waals surface area contributed by atoms with Crippen LogP contribution in [0.1, 0.15) is 0 Å². The highest BCUT2D eigenvalue weighted by Gasteiger charge is 1.94. The molecule has 0 saturated carbocycles. The second kappa shape index (κ2) is 6.16. The predicted octanol–water partition coefficient (Wildman–Crippen LogP) is 2.05. The molecule has 0 unspecified atom stereocenters. The number of rotatable bonds is 0. The van der Waals surface area contributed by atoms with Crippen molar-refractivity contribution in [3.8, 4) is 5.75 Å². The van der Waals surface area contributed by atoms with Gasteiger partial charge in [0.2, 0.25) is 0 Å². The zero-order valence-corrected chi connectivity index (χ0v) is 9.63. The Morgan fingerprint density at radius 3 is 1.88 bits per heavy atom. The lowest BCUT2D eigenvalue weighted by Gasteiger charge is -1.97. The van der Waals surface area contributed by atoms with E-state index in [2.05, 4.69) is 0 Å². The minimum absolute atomic E-state index is 0. The normalized spacial score (nSPS) is 10.0. The molecule has 0 spiro atoms. The van der Waals surface area contributed by atoms with Crippen LogP contribution in [0.5, 0.6) is 5.75 Å². The first kappa shape index (κ1) is 15.3. The van der Waals surface area contributed by atoms with Gasteiger partial charge < -0.3 is 11.3 Å². The Balaban J connectivity index is 0.000000373. The fraction of sp³-hybridized carbons (Fsp3) is 0. The summed E-state index contributed by atoms with van der Waals surface area (Å²) in [4.78, 5) is 0. The minimum atomic E-state index is -4.67. The summed E-state index contributed by atoms with van der Waals surface area (Å²) in [6, 6.07) is 13.3. The lowest BCUT2D eigenvalue weighted by atomic mass is 10.1. The minimum Gasteiger partial charge on any atom is -0.507 e. The Hall–Kier alpha value is -1.67. The van der Waals surface area contributed by atoms with Gasteiger partial charge in [0, 0.05) is 5.39 Å². The molecule has 6 nitrogen and oxygen atoms in total. The van der Waals surface area contributed by atoms with E-state index >= 15 is 0 Å². The summed E-state index contributed by atoms with van der Waals surface area (Å²) in [6.07, 6.45) is 0. The van der Waals surface area contributed by atoms with Gasteiger partial charge in [-0.3, -0.25) is 9.11 Å². The van der Waals surface area contributed by atoms with Gasteiger partial charge in [-0.05, 0) is 11.5 Å². The Kier molecular flexibility index (Phi) is 5.56. The van der Waals surface area contributed by atoms with E-state index in [4.69, 9.17) is 17.5 Å². The maximum absolute atomic E-state index is 9.37. The van der Waals surface area contributed by atoms with Gasteiger partial charge in [0.05, 0.1) is 0 Å². The molecule has 2 aromatic rings. The molecule has 2 rings (SSSR count). The molecular formula is C10H13NO5S. The highest BCUT2D eigenvalue weighted by Crippen LogP contribution is 2.22. The van der Waals surface area contributed by atoms with Gasteiger partial charge in [-0.25, -0.2) is 0 Å². The van der Waals surface area contributed by atoms with Gasteiger partial charge in [0.25, 0.3) is 0 Å². The smallest absolute Gasteiger partial charge is 0.394 e. The van der Waals surface area contributed by atoms with Crippen LogP contribution < -0.4 is 6.15 Å². The third-order valence-electron chi connectivity index (χ3n) is 1.77. The molecule has 17 heavy (non-hydrogen) atoms. The summed E-state index contributed by atoms with van der Waals surface area (Å²) in [5, 5.41) is 11.4. The van der Waals surface area contributed by atoms with Gasteiger partial charge >= 0.3 is 10.4 Å². The first-order valence-electron chi connectivity index (χ1n) is 4.24. The number of phenols is 1. The van der Waals surface area contributed by atoms with Crippen LogP contribution >= 0.6 is 0 Å². The van der Waals surface area contributed by atoms with E-state index in [1.165, 1.54) is 0 Å². The summed E-state index contributed by atoms with van der Waals surface area (Å²) in [5.74, 6) is 0.350. The Labute approximate surface area is 98.7 Å². The van der Waals surface area contributed by atoms with Crippen LogP contribution in [0.4, 0.5) is 0 Å². The molecule has 0 saturated heterocycles. The number of hydrogen-bond donors (Lipinski definition) is 4. The predicted molar refractivity (Wildman–Crippen MR) is 64.8 cm³/mol. The highest BCUT2D eigenvalue weighted by atomic mass is 32.3. The molecule has 0 aliphatic rings. The quantitative estimate of drug-likeness (QED) is 0.536. The van der Waals surface area contributed by atoms with Crippen LogP contribution in [-0.4, -0.2) is 22.6 Å². The standard InChI is InChI=1S/C10H8O.H3N.H2O4S/c11-10-7-3-5-8-4-1-2-6-9(8)10;;1-5(2,3)4/h1-7,11H;1H3;(H2,1,2,3,4). The van der Waals surface area contributed by atoms with Crippen LogP contribution in [0.2, 0.25) is 0 Å². The van der Waals surface area contributed by atoms with Crippen molar-refractivity contribution < 1.29 is 22.6 Å². The van der Waals surface area contributed by atoms with Crippen molar-refractivity contribution in [3.05, 3.63) is 42.5 Å². The lowest BCUT2D eigenvalue weighted by Crippen LogP contribution is -1.89. The molecule has 0 fully saturated rings. The van der Waals surface area contributed by atoms with Gasteiger partial charge in [-0.1, -0.05) is 36.4 Å². The average molecular weight is 259 g/mol. The first-order chi connectivity index (χ1) is 7.38. The van der Waals surface area contributed by atoms with Crippen molar-refractivity contribution in [1.82, 2.24) is 6.15 Å². The molecule has 0 heterocycles. The second-order valence-electron chi connectivity index (χ2n) is 2.95. The maximum atomic E-state index is 9.37. The highest BCUT2D eigenvalue weighted by molar-refractivity contribution is 7.79. The molecule has 0 bridgehead atoms. The van der Waals surface area contributed by atoms with Crippen molar-refractivity contribution in [2.75, 3.05) is 0 Å². The van der Waals surface area contributed by atoms with Crippen molar-refractivity contribution in [1.29, 1.82) is 0 Å². The van der Waals surface area contributed by atoms with E-state index in [-0.39, 0.29) is 6.15 Å². The summed E-state index contributed by atoms with van der Waals surface area (Å²) >= 11 is 0. The van der Waals surface area contributed by atoms with E-state index in [1.54, 1.807) is 6.07 Å². The molecule has 0 atom stereocenters. The molecule has 94 valence electrons. The third-order valence-corrected chi connectivity index (χ3v) is 1.77. The summed E-state index contributed by atoms with van der Waals surface area (Å²) in [5.41, 5.74) is 0. The van der Waals surface area contributed by atoms with Gasteiger partial charge in [-0.2, -0.15) is 8.42 Å².